The highest BCUT2D eigenvalue weighted by atomic mass is 16.5. The van der Waals surface area contributed by atoms with Crippen molar-refractivity contribution in [2.75, 3.05) is 20.3 Å². The van der Waals surface area contributed by atoms with Crippen molar-refractivity contribution < 1.29 is 9.84 Å². The minimum atomic E-state index is 0.0891. The van der Waals surface area contributed by atoms with Crippen LogP contribution >= 0.6 is 0 Å². The maximum atomic E-state index is 9.41. The Balaban J connectivity index is 1.95. The van der Waals surface area contributed by atoms with E-state index in [4.69, 9.17) is 16.2 Å². The molecule has 1 aliphatic carbocycles. The van der Waals surface area contributed by atoms with Gasteiger partial charge in [0.2, 0.25) is 0 Å². The molecule has 4 heteroatoms. The smallest absolute Gasteiger partial charge is 0.126 e. The summed E-state index contributed by atoms with van der Waals surface area (Å²) in [5.41, 5.74) is 18.0. The Morgan fingerprint density at radius 2 is 2.04 bits per heavy atom. The molecule has 5 N–H and O–H groups in total. The number of methoxy groups -OCH3 is 1. The number of ether oxygens (including phenoxy) is 1. The number of hydrogen-bond acceptors (Lipinski definition) is 4. The topological polar surface area (TPSA) is 81.5 Å². The van der Waals surface area contributed by atoms with E-state index in [1.807, 2.05) is 6.07 Å². The zero-order valence-corrected chi connectivity index (χ0v) is 14.9. The lowest BCUT2D eigenvalue weighted by Gasteiger charge is -2.22. The fourth-order valence-corrected chi connectivity index (χ4v) is 3.61. The summed E-state index contributed by atoms with van der Waals surface area (Å²) in [6, 6.07) is 13.1. The van der Waals surface area contributed by atoms with Crippen molar-refractivity contribution in [1.29, 1.82) is 0 Å². The van der Waals surface area contributed by atoms with Crippen molar-refractivity contribution in [2.45, 2.75) is 31.7 Å². The predicted molar refractivity (Wildman–Crippen MR) is 102 cm³/mol. The molecule has 25 heavy (non-hydrogen) atoms. The van der Waals surface area contributed by atoms with Crippen molar-refractivity contribution in [3.05, 3.63) is 53.1 Å². The molecule has 134 valence electrons. The predicted octanol–water partition coefficient (Wildman–Crippen LogP) is 2.29. The number of aliphatic hydroxyl groups is 1. The van der Waals surface area contributed by atoms with E-state index in [2.05, 4.69) is 30.3 Å². The fraction of sp³-hybridized carbons (Fsp3) is 0.429. The molecule has 0 heterocycles. The van der Waals surface area contributed by atoms with Crippen LogP contribution in [0.25, 0.3) is 11.1 Å². The van der Waals surface area contributed by atoms with Gasteiger partial charge in [-0.15, -0.1) is 0 Å². The van der Waals surface area contributed by atoms with Gasteiger partial charge in [0.15, 0.2) is 0 Å². The molecule has 3 rings (SSSR count). The van der Waals surface area contributed by atoms with Crippen LogP contribution in [0.1, 0.15) is 23.1 Å². The SMILES string of the molecule is COc1ccc(CC(CN)CO)cc1-c1ccc2c(c1)CCC(N)C2. The normalized spacial score (nSPS) is 17.8. The van der Waals surface area contributed by atoms with Gasteiger partial charge in [0.25, 0.3) is 0 Å². The van der Waals surface area contributed by atoms with Crippen LogP contribution in [0.15, 0.2) is 36.4 Å². The van der Waals surface area contributed by atoms with Crippen LogP contribution in [0.3, 0.4) is 0 Å². The van der Waals surface area contributed by atoms with Gasteiger partial charge in [-0.05, 0) is 72.5 Å². The van der Waals surface area contributed by atoms with E-state index in [1.54, 1.807) is 7.11 Å². The maximum absolute atomic E-state index is 9.41. The van der Waals surface area contributed by atoms with Crippen molar-refractivity contribution in [3.63, 3.8) is 0 Å². The lowest BCUT2D eigenvalue weighted by Crippen LogP contribution is -2.27. The molecule has 2 aromatic carbocycles. The van der Waals surface area contributed by atoms with E-state index < -0.39 is 0 Å². The standard InChI is InChI=1S/C21H28N2O2/c1-25-21-7-2-14(8-15(12-22)13-24)9-20(21)18-4-3-17-11-19(23)6-5-16(17)10-18/h2-4,7,9-10,15,19,24H,5-6,8,11-13,22-23H2,1H3. The molecule has 0 saturated carbocycles. The minimum Gasteiger partial charge on any atom is -0.496 e. The van der Waals surface area contributed by atoms with Gasteiger partial charge in [0.05, 0.1) is 7.11 Å². The molecule has 2 atom stereocenters. The summed E-state index contributed by atoms with van der Waals surface area (Å²) in [4.78, 5) is 0. The molecule has 0 spiro atoms. The van der Waals surface area contributed by atoms with E-state index >= 15 is 0 Å². The van der Waals surface area contributed by atoms with E-state index in [0.29, 0.717) is 6.54 Å². The van der Waals surface area contributed by atoms with Crippen molar-refractivity contribution >= 4 is 0 Å². The number of rotatable bonds is 6. The van der Waals surface area contributed by atoms with Crippen LogP contribution < -0.4 is 16.2 Å². The molecule has 0 amide bonds. The monoisotopic (exact) mass is 340 g/mol. The summed E-state index contributed by atoms with van der Waals surface area (Å²) in [6.07, 6.45) is 3.81. The number of nitrogens with two attached hydrogens (primary N) is 2. The number of hydrogen-bond donors (Lipinski definition) is 3. The molecule has 0 saturated heterocycles. The molecule has 1 aliphatic rings. The Bertz CT molecular complexity index is 726. The van der Waals surface area contributed by atoms with E-state index in [9.17, 15) is 5.11 Å². The highest BCUT2D eigenvalue weighted by Gasteiger charge is 2.17. The van der Waals surface area contributed by atoms with Gasteiger partial charge in [-0.1, -0.05) is 24.3 Å². The Kier molecular flexibility index (Phi) is 5.74. The van der Waals surface area contributed by atoms with Crippen molar-refractivity contribution in [2.24, 2.45) is 17.4 Å². The summed E-state index contributed by atoms with van der Waals surface area (Å²) in [6.45, 7) is 0.591. The molecular formula is C21H28N2O2. The Hall–Kier alpha value is -1.88. The van der Waals surface area contributed by atoms with E-state index in [1.165, 1.54) is 22.3 Å². The van der Waals surface area contributed by atoms with Crippen LogP contribution in [0.2, 0.25) is 0 Å². The Morgan fingerprint density at radius 3 is 2.76 bits per heavy atom. The second kappa shape index (κ2) is 8.00. The zero-order valence-electron chi connectivity index (χ0n) is 14.9. The molecule has 4 nitrogen and oxygen atoms in total. The van der Waals surface area contributed by atoms with Gasteiger partial charge >= 0.3 is 0 Å². The highest BCUT2D eigenvalue weighted by Crippen LogP contribution is 2.34. The van der Waals surface area contributed by atoms with Gasteiger partial charge in [-0.25, -0.2) is 0 Å². The van der Waals surface area contributed by atoms with Gasteiger partial charge < -0.3 is 21.3 Å². The third-order valence-corrected chi connectivity index (χ3v) is 5.16. The van der Waals surface area contributed by atoms with Crippen LogP contribution in [0.5, 0.6) is 5.75 Å². The van der Waals surface area contributed by atoms with Gasteiger partial charge in [0.1, 0.15) is 5.75 Å². The van der Waals surface area contributed by atoms with Gasteiger partial charge in [0, 0.05) is 18.2 Å². The summed E-state index contributed by atoms with van der Waals surface area (Å²) in [5.74, 6) is 0.954. The summed E-state index contributed by atoms with van der Waals surface area (Å²) in [5, 5.41) is 9.41. The molecule has 2 unspecified atom stereocenters. The number of fused-ring (bicyclic) bond motifs is 1. The largest absolute Gasteiger partial charge is 0.496 e. The molecule has 0 aromatic heterocycles. The van der Waals surface area contributed by atoms with Crippen molar-refractivity contribution in [1.82, 2.24) is 0 Å². The van der Waals surface area contributed by atoms with Crippen LogP contribution in [0, 0.1) is 5.92 Å². The second-order valence-electron chi connectivity index (χ2n) is 7.01. The first-order valence-electron chi connectivity index (χ1n) is 9.00. The number of benzene rings is 2. The minimum absolute atomic E-state index is 0.0891. The molecule has 0 aliphatic heterocycles. The van der Waals surface area contributed by atoms with Gasteiger partial charge in [-0.2, -0.15) is 0 Å². The quantitative estimate of drug-likeness (QED) is 0.753. The Labute approximate surface area is 149 Å². The average Bonchev–Trinajstić information content (AvgIpc) is 2.65. The highest BCUT2D eigenvalue weighted by molar-refractivity contribution is 5.72. The first kappa shape index (κ1) is 17.9. The zero-order chi connectivity index (χ0) is 17.8. The summed E-state index contributed by atoms with van der Waals surface area (Å²) < 4.78 is 5.58. The summed E-state index contributed by atoms with van der Waals surface area (Å²) >= 11 is 0. The Morgan fingerprint density at radius 1 is 1.20 bits per heavy atom. The van der Waals surface area contributed by atoms with Crippen LogP contribution in [-0.2, 0) is 19.3 Å². The molecular weight excluding hydrogens is 312 g/mol. The van der Waals surface area contributed by atoms with Crippen LogP contribution in [0.4, 0.5) is 0 Å². The maximum Gasteiger partial charge on any atom is 0.126 e. The first-order chi connectivity index (χ1) is 12.1. The third-order valence-electron chi connectivity index (χ3n) is 5.16. The average molecular weight is 340 g/mol. The van der Waals surface area contributed by atoms with Crippen LogP contribution in [-0.4, -0.2) is 31.4 Å². The number of aliphatic hydroxyl groups excluding tert-OH is 1. The molecule has 0 fully saturated rings. The summed E-state index contributed by atoms with van der Waals surface area (Å²) in [7, 11) is 1.70. The number of aryl methyl sites for hydroxylation is 1. The lowest BCUT2D eigenvalue weighted by atomic mass is 9.86. The molecule has 2 aromatic rings. The van der Waals surface area contributed by atoms with Gasteiger partial charge in [-0.3, -0.25) is 0 Å². The van der Waals surface area contributed by atoms with E-state index in [0.717, 1.165) is 37.0 Å². The molecule has 0 radical (unpaired) electrons. The van der Waals surface area contributed by atoms with E-state index in [-0.39, 0.29) is 18.6 Å². The first-order valence-corrected chi connectivity index (χ1v) is 9.00. The van der Waals surface area contributed by atoms with Crippen molar-refractivity contribution in [3.8, 4) is 16.9 Å². The lowest BCUT2D eigenvalue weighted by molar-refractivity contribution is 0.230. The molecule has 0 bridgehead atoms. The second-order valence-corrected chi connectivity index (χ2v) is 7.01. The fourth-order valence-electron chi connectivity index (χ4n) is 3.61. The third kappa shape index (κ3) is 4.03.